The van der Waals surface area contributed by atoms with Gasteiger partial charge in [0.25, 0.3) is 5.91 Å². The Morgan fingerprint density at radius 3 is 2.58 bits per heavy atom. The number of rotatable bonds is 6. The molecule has 1 atom stereocenters. The summed E-state index contributed by atoms with van der Waals surface area (Å²) >= 11 is 3.55. The first-order valence-corrected chi connectivity index (χ1v) is 11.1. The van der Waals surface area contributed by atoms with Gasteiger partial charge in [0.2, 0.25) is 5.91 Å². The number of nitrogens with one attached hydrogen (secondary N) is 1. The lowest BCUT2D eigenvalue weighted by Gasteiger charge is -2.38. The van der Waals surface area contributed by atoms with Crippen molar-refractivity contribution in [2.75, 3.05) is 24.8 Å². The number of nitrogens with two attached hydrogens (primary N) is 1. The fourth-order valence-corrected chi connectivity index (χ4v) is 4.59. The van der Waals surface area contributed by atoms with Crippen LogP contribution in [0.3, 0.4) is 0 Å². The van der Waals surface area contributed by atoms with E-state index in [1.165, 1.54) is 10.6 Å². The van der Waals surface area contributed by atoms with Gasteiger partial charge in [0.15, 0.2) is 0 Å². The third kappa shape index (κ3) is 4.65. The van der Waals surface area contributed by atoms with Crippen molar-refractivity contribution in [1.29, 1.82) is 0 Å². The summed E-state index contributed by atoms with van der Waals surface area (Å²) in [5, 5.41) is 9.04. The molecule has 2 aliphatic heterocycles. The predicted molar refractivity (Wildman–Crippen MR) is 123 cm³/mol. The van der Waals surface area contributed by atoms with Crippen LogP contribution in [0.25, 0.3) is 0 Å². The van der Waals surface area contributed by atoms with Gasteiger partial charge in [0.1, 0.15) is 11.8 Å². The van der Waals surface area contributed by atoms with Crippen molar-refractivity contribution in [1.82, 2.24) is 5.32 Å². The van der Waals surface area contributed by atoms with Crippen LogP contribution in [0.2, 0.25) is 0 Å². The van der Waals surface area contributed by atoms with E-state index < -0.39 is 11.9 Å². The van der Waals surface area contributed by atoms with Gasteiger partial charge in [0, 0.05) is 36.1 Å². The van der Waals surface area contributed by atoms with Crippen LogP contribution in [0.15, 0.2) is 64.2 Å². The predicted octanol–water partition coefficient (Wildman–Crippen LogP) is 2.73. The number of hydrogen-bond acceptors (Lipinski definition) is 5. The molecule has 4 rings (SSSR count). The Bertz CT molecular complexity index is 989. The molecule has 7 nitrogen and oxygen atoms in total. The van der Waals surface area contributed by atoms with Crippen LogP contribution in [0.4, 0.5) is 5.69 Å². The first kappa shape index (κ1) is 21.5. The third-order valence-corrected chi connectivity index (χ3v) is 6.49. The van der Waals surface area contributed by atoms with Crippen LogP contribution >= 0.6 is 15.9 Å². The second-order valence-electron chi connectivity index (χ2n) is 7.93. The van der Waals surface area contributed by atoms with Gasteiger partial charge in [-0.05, 0) is 42.7 Å². The van der Waals surface area contributed by atoms with Gasteiger partial charge >= 0.3 is 0 Å². The van der Waals surface area contributed by atoms with Crippen LogP contribution in [-0.2, 0) is 19.7 Å². The molecule has 0 bridgehead atoms. The Kier molecular flexibility index (Phi) is 6.38. The van der Waals surface area contributed by atoms with Crippen molar-refractivity contribution < 1.29 is 14.3 Å². The van der Waals surface area contributed by atoms with Crippen LogP contribution < -0.4 is 16.1 Å². The van der Waals surface area contributed by atoms with Crippen LogP contribution in [0.5, 0.6) is 0 Å². The lowest BCUT2D eigenvalue weighted by atomic mass is 9.74. The molecule has 0 radical (unpaired) electrons. The zero-order chi connectivity index (χ0) is 21.8. The summed E-state index contributed by atoms with van der Waals surface area (Å²) in [5.74, 6) is -0.781. The molecule has 3 N–H and O–H groups in total. The van der Waals surface area contributed by atoms with E-state index >= 15 is 0 Å². The van der Waals surface area contributed by atoms with Gasteiger partial charge in [-0.3, -0.25) is 14.6 Å². The first-order valence-electron chi connectivity index (χ1n) is 10.3. The molecule has 162 valence electrons. The number of halogens is 1. The largest absolute Gasteiger partial charge is 0.381 e. The highest BCUT2D eigenvalue weighted by atomic mass is 79.9. The Hall–Kier alpha value is -2.71. The Balaban J connectivity index is 1.52. The van der Waals surface area contributed by atoms with E-state index in [4.69, 9.17) is 10.5 Å². The molecular weight excluding hydrogens is 460 g/mol. The molecule has 0 spiro atoms. The quantitative estimate of drug-likeness (QED) is 0.658. The zero-order valence-electron chi connectivity index (χ0n) is 17.1. The maximum absolute atomic E-state index is 13.0. The fraction of sp³-hybridized carbons (Fsp3) is 0.348. The molecule has 0 aliphatic carbocycles. The fourth-order valence-electron chi connectivity index (χ4n) is 4.19. The highest BCUT2D eigenvalue weighted by Gasteiger charge is 2.38. The van der Waals surface area contributed by atoms with Crippen molar-refractivity contribution in [2.24, 2.45) is 10.8 Å². The third-order valence-electron chi connectivity index (χ3n) is 6.00. The molecule has 1 saturated heterocycles. The highest BCUT2D eigenvalue weighted by Crippen LogP contribution is 2.35. The molecule has 2 amide bonds. The number of hydrogen-bond donors (Lipinski definition) is 2. The van der Waals surface area contributed by atoms with Gasteiger partial charge < -0.3 is 15.8 Å². The lowest BCUT2D eigenvalue weighted by Crippen LogP contribution is -2.46. The standard InChI is InChI=1S/C23H25BrN4O3/c24-17-6-4-5-16(13-17)23(9-11-31-12-10-23)15-26-22(30)19-14-20(21(25)29)28(27-19)18-7-2-1-3-8-18/h1-8,13,20H,9-12,14-15H2,(H2,25,29)(H,26,30). The molecule has 2 aromatic rings. The maximum atomic E-state index is 13.0. The van der Waals surface area contributed by atoms with Gasteiger partial charge in [-0.15, -0.1) is 0 Å². The summed E-state index contributed by atoms with van der Waals surface area (Å²) in [4.78, 5) is 25.0. The van der Waals surface area contributed by atoms with Gasteiger partial charge in [0.05, 0.1) is 5.69 Å². The van der Waals surface area contributed by atoms with E-state index in [1.54, 1.807) is 0 Å². The maximum Gasteiger partial charge on any atom is 0.267 e. The Morgan fingerprint density at radius 1 is 1.16 bits per heavy atom. The Labute approximate surface area is 189 Å². The molecule has 8 heteroatoms. The van der Waals surface area contributed by atoms with Crippen molar-refractivity contribution in [3.8, 4) is 0 Å². The van der Waals surface area contributed by atoms with Crippen molar-refractivity contribution in [3.63, 3.8) is 0 Å². The Morgan fingerprint density at radius 2 is 1.90 bits per heavy atom. The minimum absolute atomic E-state index is 0.184. The number of carbonyl (C=O) groups excluding carboxylic acids is 2. The average Bonchev–Trinajstić information content (AvgIpc) is 3.25. The number of hydrazone groups is 1. The number of amides is 2. The van der Waals surface area contributed by atoms with Crippen molar-refractivity contribution in [2.45, 2.75) is 30.7 Å². The SMILES string of the molecule is NC(=O)C1CC(C(=O)NCC2(c3cccc(Br)c3)CCOCC2)=NN1c1ccccc1. The number of ether oxygens (including phenoxy) is 1. The minimum Gasteiger partial charge on any atom is -0.381 e. The molecule has 2 heterocycles. The number of para-hydroxylation sites is 1. The van der Waals surface area contributed by atoms with Gasteiger partial charge in [-0.25, -0.2) is 0 Å². The number of nitrogens with zero attached hydrogens (tertiary/aromatic N) is 2. The number of primary amides is 1. The molecule has 1 fully saturated rings. The molecule has 0 saturated carbocycles. The number of benzene rings is 2. The normalized spacial score (nSPS) is 20.2. The zero-order valence-corrected chi connectivity index (χ0v) is 18.7. The van der Waals surface area contributed by atoms with Crippen LogP contribution in [0, 0.1) is 0 Å². The van der Waals surface area contributed by atoms with Crippen molar-refractivity contribution in [3.05, 3.63) is 64.6 Å². The summed E-state index contributed by atoms with van der Waals surface area (Å²) < 4.78 is 6.59. The van der Waals surface area contributed by atoms with Gasteiger partial charge in [-0.1, -0.05) is 46.3 Å². The second-order valence-corrected chi connectivity index (χ2v) is 8.85. The van der Waals surface area contributed by atoms with Crippen LogP contribution in [-0.4, -0.2) is 43.3 Å². The molecular formula is C23H25BrN4O3. The van der Waals surface area contributed by atoms with E-state index in [0.29, 0.717) is 25.5 Å². The van der Waals surface area contributed by atoms with E-state index in [1.807, 2.05) is 42.5 Å². The first-order chi connectivity index (χ1) is 15.0. The highest BCUT2D eigenvalue weighted by molar-refractivity contribution is 9.10. The summed E-state index contributed by atoms with van der Waals surface area (Å²) in [6.07, 6.45) is 1.82. The molecule has 1 unspecified atom stereocenters. The van der Waals surface area contributed by atoms with E-state index in [-0.39, 0.29) is 17.7 Å². The molecule has 2 aromatic carbocycles. The monoisotopic (exact) mass is 484 g/mol. The minimum atomic E-state index is -0.676. The molecule has 0 aromatic heterocycles. The van der Waals surface area contributed by atoms with Crippen molar-refractivity contribution >= 4 is 39.1 Å². The number of anilines is 1. The van der Waals surface area contributed by atoms with E-state index in [9.17, 15) is 9.59 Å². The topological polar surface area (TPSA) is 97.0 Å². The summed E-state index contributed by atoms with van der Waals surface area (Å²) in [7, 11) is 0. The summed E-state index contributed by atoms with van der Waals surface area (Å²) in [6.45, 7) is 1.76. The number of carbonyl (C=O) groups is 2. The van der Waals surface area contributed by atoms with E-state index in [0.717, 1.165) is 23.0 Å². The summed E-state index contributed by atoms with van der Waals surface area (Å²) in [6, 6.07) is 16.8. The smallest absolute Gasteiger partial charge is 0.267 e. The lowest BCUT2D eigenvalue weighted by molar-refractivity contribution is -0.119. The van der Waals surface area contributed by atoms with E-state index in [2.05, 4.69) is 38.5 Å². The summed E-state index contributed by atoms with van der Waals surface area (Å²) in [5.41, 5.74) is 7.58. The second kappa shape index (κ2) is 9.20. The van der Waals surface area contributed by atoms with Gasteiger partial charge in [-0.2, -0.15) is 5.10 Å². The molecule has 31 heavy (non-hydrogen) atoms. The van der Waals surface area contributed by atoms with Crippen LogP contribution in [0.1, 0.15) is 24.8 Å². The average molecular weight is 485 g/mol. The molecule has 2 aliphatic rings.